The van der Waals surface area contributed by atoms with Crippen LogP contribution < -0.4 is 5.32 Å². The maximum atomic E-state index is 12.7. The van der Waals surface area contributed by atoms with Crippen LogP contribution >= 0.6 is 11.6 Å². The third-order valence-electron chi connectivity index (χ3n) is 4.50. The highest BCUT2D eigenvalue weighted by Gasteiger charge is 2.28. The molecule has 7 nitrogen and oxygen atoms in total. The zero-order valence-electron chi connectivity index (χ0n) is 15.2. The van der Waals surface area contributed by atoms with Crippen LogP contribution in [0.15, 0.2) is 35.5 Å². The molecule has 1 saturated heterocycles. The summed E-state index contributed by atoms with van der Waals surface area (Å²) in [6.07, 6.45) is 6.14. The van der Waals surface area contributed by atoms with Crippen molar-refractivity contribution in [3.8, 4) is 0 Å². The molecular formula is C18H23ClN4O3S. The summed E-state index contributed by atoms with van der Waals surface area (Å²) in [7, 11) is -3.59. The molecular weight excluding hydrogens is 388 g/mol. The van der Waals surface area contributed by atoms with Crippen molar-refractivity contribution in [3.63, 3.8) is 0 Å². The van der Waals surface area contributed by atoms with E-state index in [1.54, 1.807) is 6.20 Å². The Morgan fingerprint density at radius 1 is 1.30 bits per heavy atom. The molecule has 1 fully saturated rings. The second kappa shape index (κ2) is 8.41. The molecule has 1 aliphatic rings. The van der Waals surface area contributed by atoms with Gasteiger partial charge in [-0.25, -0.2) is 8.42 Å². The fraction of sp³-hybridized carbons (Fsp3) is 0.444. The summed E-state index contributed by atoms with van der Waals surface area (Å²) in [6, 6.07) is 4.28. The zero-order valence-corrected chi connectivity index (χ0v) is 16.8. The lowest BCUT2D eigenvalue weighted by atomic mass is 10.2. The Morgan fingerprint density at radius 3 is 2.70 bits per heavy atom. The monoisotopic (exact) mass is 410 g/mol. The first-order valence-electron chi connectivity index (χ1n) is 8.95. The van der Waals surface area contributed by atoms with E-state index in [9.17, 15) is 13.2 Å². The quantitative estimate of drug-likeness (QED) is 0.710. The van der Waals surface area contributed by atoms with Gasteiger partial charge in [-0.1, -0.05) is 11.6 Å². The van der Waals surface area contributed by atoms with Crippen LogP contribution in [-0.2, 0) is 16.6 Å². The van der Waals surface area contributed by atoms with Crippen LogP contribution in [0, 0.1) is 6.92 Å². The van der Waals surface area contributed by atoms with E-state index in [0.717, 1.165) is 18.4 Å². The molecule has 9 heteroatoms. The van der Waals surface area contributed by atoms with E-state index in [4.69, 9.17) is 11.6 Å². The number of benzene rings is 1. The summed E-state index contributed by atoms with van der Waals surface area (Å²) in [5.74, 6) is -0.380. The highest BCUT2D eigenvalue weighted by molar-refractivity contribution is 7.89. The van der Waals surface area contributed by atoms with E-state index in [-0.39, 0.29) is 21.4 Å². The van der Waals surface area contributed by atoms with Crippen LogP contribution in [-0.4, -0.2) is 48.0 Å². The minimum atomic E-state index is -3.59. The van der Waals surface area contributed by atoms with Gasteiger partial charge in [0.25, 0.3) is 5.91 Å². The topological polar surface area (TPSA) is 84.3 Å². The number of nitrogens with one attached hydrogen (secondary N) is 1. The normalized spacial score (nSPS) is 15.2. The van der Waals surface area contributed by atoms with Gasteiger partial charge >= 0.3 is 0 Å². The zero-order chi connectivity index (χ0) is 19.4. The minimum Gasteiger partial charge on any atom is -0.352 e. The molecule has 3 rings (SSSR count). The Balaban J connectivity index is 1.63. The average molecular weight is 411 g/mol. The van der Waals surface area contributed by atoms with Crippen LogP contribution in [0.2, 0.25) is 5.02 Å². The number of halogens is 1. The lowest BCUT2D eigenvalue weighted by Crippen LogP contribution is -2.29. The van der Waals surface area contributed by atoms with Gasteiger partial charge in [-0.15, -0.1) is 0 Å². The second-order valence-electron chi connectivity index (χ2n) is 6.64. The lowest BCUT2D eigenvalue weighted by molar-refractivity contribution is 0.0952. The van der Waals surface area contributed by atoms with Crippen LogP contribution in [0.25, 0.3) is 0 Å². The predicted molar refractivity (Wildman–Crippen MR) is 103 cm³/mol. The Labute approximate surface area is 164 Å². The van der Waals surface area contributed by atoms with E-state index in [1.807, 2.05) is 17.8 Å². The number of aromatic nitrogens is 2. The number of hydrogen-bond donors (Lipinski definition) is 1. The first-order valence-corrected chi connectivity index (χ1v) is 10.8. The van der Waals surface area contributed by atoms with E-state index in [0.29, 0.717) is 32.6 Å². The number of nitrogens with zero attached hydrogens (tertiary/aromatic N) is 3. The highest BCUT2D eigenvalue weighted by Crippen LogP contribution is 2.25. The smallest absolute Gasteiger partial charge is 0.252 e. The van der Waals surface area contributed by atoms with Crippen molar-refractivity contribution < 1.29 is 13.2 Å². The Morgan fingerprint density at radius 2 is 2.04 bits per heavy atom. The Hall–Kier alpha value is -1.90. The number of carbonyl (C=O) groups excluding carboxylic acids is 1. The summed E-state index contributed by atoms with van der Waals surface area (Å²) in [5.41, 5.74) is 1.26. The fourth-order valence-corrected chi connectivity index (χ4v) is 4.79. The fourth-order valence-electron chi connectivity index (χ4n) is 3.04. The van der Waals surface area contributed by atoms with Gasteiger partial charge in [-0.05, 0) is 49.9 Å². The van der Waals surface area contributed by atoms with Crippen LogP contribution in [0.5, 0.6) is 0 Å². The standard InChI is InChI=1S/C18H23ClN4O3S/c1-14-12-21-22(13-14)8-4-7-20-18(24)16-11-15(5-6-17(16)19)27(25,26)23-9-2-3-10-23/h5-6,11-13H,2-4,7-10H2,1H3,(H,20,24). The number of carbonyl (C=O) groups is 1. The third kappa shape index (κ3) is 4.69. The van der Waals surface area contributed by atoms with Crippen LogP contribution in [0.1, 0.15) is 35.2 Å². The molecule has 2 heterocycles. The largest absolute Gasteiger partial charge is 0.352 e. The third-order valence-corrected chi connectivity index (χ3v) is 6.72. The molecule has 0 spiro atoms. The van der Waals surface area contributed by atoms with Crippen molar-refractivity contribution in [2.24, 2.45) is 0 Å². The Kier molecular flexibility index (Phi) is 6.18. The van der Waals surface area contributed by atoms with Gasteiger partial charge in [-0.2, -0.15) is 9.40 Å². The molecule has 0 unspecified atom stereocenters. The number of hydrogen-bond acceptors (Lipinski definition) is 4. The molecule has 0 atom stereocenters. The van der Waals surface area contributed by atoms with Crippen molar-refractivity contribution in [1.82, 2.24) is 19.4 Å². The minimum absolute atomic E-state index is 0.103. The predicted octanol–water partition coefficient (Wildman–Crippen LogP) is 2.45. The molecule has 1 amide bonds. The molecule has 1 aliphatic heterocycles. The van der Waals surface area contributed by atoms with Gasteiger partial charge in [0.1, 0.15) is 0 Å². The van der Waals surface area contributed by atoms with Crippen molar-refractivity contribution in [3.05, 3.63) is 46.7 Å². The molecule has 0 saturated carbocycles. The maximum Gasteiger partial charge on any atom is 0.252 e. The SMILES string of the molecule is Cc1cnn(CCCNC(=O)c2cc(S(=O)(=O)N3CCCC3)ccc2Cl)c1. The molecule has 1 aromatic heterocycles. The summed E-state index contributed by atoms with van der Waals surface area (Å²) >= 11 is 6.13. The summed E-state index contributed by atoms with van der Waals surface area (Å²) in [4.78, 5) is 12.6. The summed E-state index contributed by atoms with van der Waals surface area (Å²) < 4.78 is 28.6. The molecule has 2 aromatic rings. The molecule has 1 N–H and O–H groups in total. The number of aryl methyl sites for hydroxylation is 2. The Bertz CT molecular complexity index is 920. The highest BCUT2D eigenvalue weighted by atomic mass is 35.5. The van der Waals surface area contributed by atoms with Crippen molar-refractivity contribution in [2.45, 2.75) is 37.6 Å². The first kappa shape index (κ1) is 19.9. The van der Waals surface area contributed by atoms with Crippen LogP contribution in [0.4, 0.5) is 0 Å². The maximum absolute atomic E-state index is 12.7. The van der Waals surface area contributed by atoms with E-state index in [2.05, 4.69) is 10.4 Å². The number of sulfonamides is 1. The van der Waals surface area contributed by atoms with Gasteiger partial charge in [-0.3, -0.25) is 9.48 Å². The van der Waals surface area contributed by atoms with E-state index in [1.165, 1.54) is 22.5 Å². The van der Waals surface area contributed by atoms with Crippen molar-refractivity contribution >= 4 is 27.5 Å². The number of rotatable bonds is 7. The molecule has 0 bridgehead atoms. The molecule has 0 radical (unpaired) electrons. The average Bonchev–Trinajstić information content (AvgIpc) is 3.31. The van der Waals surface area contributed by atoms with Crippen molar-refractivity contribution in [1.29, 1.82) is 0 Å². The van der Waals surface area contributed by atoms with Gasteiger partial charge in [0.2, 0.25) is 10.0 Å². The van der Waals surface area contributed by atoms with E-state index < -0.39 is 10.0 Å². The van der Waals surface area contributed by atoms with Crippen LogP contribution in [0.3, 0.4) is 0 Å². The number of amides is 1. The molecule has 146 valence electrons. The van der Waals surface area contributed by atoms with Gasteiger partial charge < -0.3 is 5.32 Å². The second-order valence-corrected chi connectivity index (χ2v) is 8.99. The van der Waals surface area contributed by atoms with Gasteiger partial charge in [0.05, 0.1) is 21.7 Å². The summed E-state index contributed by atoms with van der Waals surface area (Å²) in [6.45, 7) is 4.12. The molecule has 1 aromatic carbocycles. The summed E-state index contributed by atoms with van der Waals surface area (Å²) in [5, 5.41) is 7.22. The molecule has 27 heavy (non-hydrogen) atoms. The van der Waals surface area contributed by atoms with Crippen molar-refractivity contribution in [2.75, 3.05) is 19.6 Å². The first-order chi connectivity index (χ1) is 12.9. The molecule has 0 aliphatic carbocycles. The van der Waals surface area contributed by atoms with Gasteiger partial charge in [0.15, 0.2) is 0 Å². The lowest BCUT2D eigenvalue weighted by Gasteiger charge is -2.16. The van der Waals surface area contributed by atoms with Gasteiger partial charge in [0, 0.05) is 32.4 Å². The van der Waals surface area contributed by atoms with E-state index >= 15 is 0 Å².